The third-order valence-electron chi connectivity index (χ3n) is 3.45. The van der Waals surface area contributed by atoms with Crippen LogP contribution in [-0.4, -0.2) is 48.6 Å². The highest BCUT2D eigenvalue weighted by molar-refractivity contribution is 7.09. The van der Waals surface area contributed by atoms with Crippen molar-refractivity contribution >= 4 is 17.2 Å². The molecule has 112 valence electrons. The number of aryl methyl sites for hydroxylation is 1. The second kappa shape index (κ2) is 7.71. The normalized spacial score (nSPS) is 16.3. The minimum Gasteiger partial charge on any atom is -0.378 e. The van der Waals surface area contributed by atoms with Gasteiger partial charge in [-0.2, -0.15) is 0 Å². The number of hydrogen-bond acceptors (Lipinski definition) is 5. The first-order valence-electron chi connectivity index (χ1n) is 7.12. The van der Waals surface area contributed by atoms with Crippen molar-refractivity contribution in [1.29, 1.82) is 0 Å². The summed E-state index contributed by atoms with van der Waals surface area (Å²) in [6.07, 6.45) is 2.85. The highest BCUT2D eigenvalue weighted by Crippen LogP contribution is 2.11. The molecular weight excluding hydrogens is 274 g/mol. The molecule has 0 saturated carbocycles. The Labute approximate surface area is 124 Å². The van der Waals surface area contributed by atoms with Gasteiger partial charge in [0, 0.05) is 12.4 Å². The highest BCUT2D eigenvalue weighted by atomic mass is 32.1. The summed E-state index contributed by atoms with van der Waals surface area (Å²) in [5, 5.41) is 6.34. The van der Waals surface area contributed by atoms with Crippen molar-refractivity contribution in [3.63, 3.8) is 0 Å². The van der Waals surface area contributed by atoms with Crippen molar-refractivity contribution < 1.29 is 9.53 Å². The van der Waals surface area contributed by atoms with E-state index in [2.05, 4.69) is 10.3 Å². The lowest BCUT2D eigenvalue weighted by Gasteiger charge is -2.23. The van der Waals surface area contributed by atoms with Crippen molar-refractivity contribution in [1.82, 2.24) is 15.2 Å². The SMILES string of the molecule is Cc1nc(CN(C)C(=O)CCOC2CCNCC2)cs1. The number of amides is 1. The van der Waals surface area contributed by atoms with Crippen molar-refractivity contribution in [2.75, 3.05) is 26.7 Å². The van der Waals surface area contributed by atoms with Gasteiger partial charge in [0.1, 0.15) is 0 Å². The van der Waals surface area contributed by atoms with Gasteiger partial charge < -0.3 is 15.0 Å². The summed E-state index contributed by atoms with van der Waals surface area (Å²) in [5.41, 5.74) is 0.961. The van der Waals surface area contributed by atoms with Crippen LogP contribution in [0.2, 0.25) is 0 Å². The number of aromatic nitrogens is 1. The maximum Gasteiger partial charge on any atom is 0.224 e. The average molecular weight is 297 g/mol. The number of nitrogens with zero attached hydrogens (tertiary/aromatic N) is 2. The largest absolute Gasteiger partial charge is 0.378 e. The van der Waals surface area contributed by atoms with Gasteiger partial charge >= 0.3 is 0 Å². The van der Waals surface area contributed by atoms with Crippen LogP contribution in [0.4, 0.5) is 0 Å². The van der Waals surface area contributed by atoms with E-state index >= 15 is 0 Å². The zero-order chi connectivity index (χ0) is 14.4. The molecule has 1 fully saturated rings. The van der Waals surface area contributed by atoms with Gasteiger partial charge in [0.2, 0.25) is 5.91 Å². The Hall–Kier alpha value is -0.980. The summed E-state index contributed by atoms with van der Waals surface area (Å²) in [4.78, 5) is 18.1. The van der Waals surface area contributed by atoms with Gasteiger partial charge in [0.25, 0.3) is 0 Å². The van der Waals surface area contributed by atoms with Crippen molar-refractivity contribution in [3.8, 4) is 0 Å². The van der Waals surface area contributed by atoms with E-state index in [0.29, 0.717) is 25.7 Å². The third kappa shape index (κ3) is 4.85. The van der Waals surface area contributed by atoms with Gasteiger partial charge in [-0.3, -0.25) is 4.79 Å². The molecule has 1 amide bonds. The van der Waals surface area contributed by atoms with E-state index in [9.17, 15) is 4.79 Å². The molecule has 1 N–H and O–H groups in total. The van der Waals surface area contributed by atoms with Gasteiger partial charge in [-0.1, -0.05) is 0 Å². The average Bonchev–Trinajstić information content (AvgIpc) is 2.85. The van der Waals surface area contributed by atoms with E-state index in [1.165, 1.54) is 0 Å². The van der Waals surface area contributed by atoms with Crippen LogP contribution in [-0.2, 0) is 16.1 Å². The topological polar surface area (TPSA) is 54.5 Å². The molecule has 6 heteroatoms. The first kappa shape index (κ1) is 15.4. The van der Waals surface area contributed by atoms with Crippen LogP contribution >= 0.6 is 11.3 Å². The number of piperidine rings is 1. The number of hydrogen-bond donors (Lipinski definition) is 1. The fourth-order valence-electron chi connectivity index (χ4n) is 2.28. The number of nitrogens with one attached hydrogen (secondary N) is 1. The molecule has 1 aromatic rings. The number of carbonyl (C=O) groups excluding carboxylic acids is 1. The van der Waals surface area contributed by atoms with Gasteiger partial charge in [-0.25, -0.2) is 4.98 Å². The van der Waals surface area contributed by atoms with Gasteiger partial charge in [0.15, 0.2) is 0 Å². The van der Waals surface area contributed by atoms with E-state index in [-0.39, 0.29) is 5.91 Å². The first-order chi connectivity index (χ1) is 9.65. The minimum absolute atomic E-state index is 0.115. The summed E-state index contributed by atoms with van der Waals surface area (Å²) in [5.74, 6) is 0.115. The van der Waals surface area contributed by atoms with Crippen LogP contribution in [0.15, 0.2) is 5.38 Å². The van der Waals surface area contributed by atoms with Crippen LogP contribution in [0.5, 0.6) is 0 Å². The fraction of sp³-hybridized carbons (Fsp3) is 0.714. The summed E-state index contributed by atoms with van der Waals surface area (Å²) in [6.45, 7) is 5.10. The molecule has 1 aromatic heterocycles. The Balaban J connectivity index is 1.65. The summed E-state index contributed by atoms with van der Waals surface area (Å²) >= 11 is 1.62. The molecule has 0 spiro atoms. The van der Waals surface area contributed by atoms with Crippen LogP contribution in [0, 0.1) is 6.92 Å². The van der Waals surface area contributed by atoms with E-state index in [1.807, 2.05) is 19.4 Å². The van der Waals surface area contributed by atoms with E-state index in [4.69, 9.17) is 4.74 Å². The number of ether oxygens (including phenoxy) is 1. The maximum absolute atomic E-state index is 12.0. The standard InChI is InChI=1S/C14H23N3O2S/c1-11-16-12(10-20-11)9-17(2)14(18)5-8-19-13-3-6-15-7-4-13/h10,13,15H,3-9H2,1-2H3. The smallest absolute Gasteiger partial charge is 0.224 e. The second-order valence-electron chi connectivity index (χ2n) is 5.18. The Morgan fingerprint density at radius 2 is 2.30 bits per heavy atom. The van der Waals surface area contributed by atoms with Crippen molar-refractivity contribution in [2.24, 2.45) is 0 Å². The molecule has 20 heavy (non-hydrogen) atoms. The molecule has 0 bridgehead atoms. The summed E-state index contributed by atoms with van der Waals surface area (Å²) in [7, 11) is 1.82. The molecule has 2 heterocycles. The lowest BCUT2D eigenvalue weighted by Crippen LogP contribution is -2.33. The molecule has 0 unspecified atom stereocenters. The fourth-order valence-corrected chi connectivity index (χ4v) is 2.88. The second-order valence-corrected chi connectivity index (χ2v) is 6.24. The van der Waals surface area contributed by atoms with Crippen LogP contribution < -0.4 is 5.32 Å². The molecule has 0 aliphatic carbocycles. The molecular formula is C14H23N3O2S. The monoisotopic (exact) mass is 297 g/mol. The van der Waals surface area contributed by atoms with Crippen LogP contribution in [0.3, 0.4) is 0 Å². The van der Waals surface area contributed by atoms with Crippen molar-refractivity contribution in [2.45, 2.75) is 38.8 Å². The lowest BCUT2D eigenvalue weighted by molar-refractivity contribution is -0.132. The van der Waals surface area contributed by atoms with Crippen LogP contribution in [0.1, 0.15) is 30.0 Å². The quantitative estimate of drug-likeness (QED) is 0.866. The Bertz CT molecular complexity index is 430. The van der Waals surface area contributed by atoms with E-state index in [1.54, 1.807) is 16.2 Å². The molecule has 5 nitrogen and oxygen atoms in total. The summed E-state index contributed by atoms with van der Waals surface area (Å²) < 4.78 is 5.76. The maximum atomic E-state index is 12.0. The Kier molecular flexibility index (Phi) is 5.94. The number of thiazole rings is 1. The van der Waals surface area contributed by atoms with Crippen LogP contribution in [0.25, 0.3) is 0 Å². The van der Waals surface area contributed by atoms with Gasteiger partial charge in [-0.15, -0.1) is 11.3 Å². The highest BCUT2D eigenvalue weighted by Gasteiger charge is 2.15. The molecule has 2 rings (SSSR count). The predicted molar refractivity (Wildman–Crippen MR) is 79.8 cm³/mol. The van der Waals surface area contributed by atoms with Crippen molar-refractivity contribution in [3.05, 3.63) is 16.1 Å². The molecule has 0 atom stereocenters. The van der Waals surface area contributed by atoms with Gasteiger partial charge in [0.05, 0.1) is 36.4 Å². The van der Waals surface area contributed by atoms with E-state index < -0.39 is 0 Å². The molecule has 0 radical (unpaired) electrons. The number of rotatable bonds is 6. The first-order valence-corrected chi connectivity index (χ1v) is 8.00. The molecule has 1 saturated heterocycles. The lowest BCUT2D eigenvalue weighted by atomic mass is 10.1. The third-order valence-corrected chi connectivity index (χ3v) is 4.27. The van der Waals surface area contributed by atoms with E-state index in [0.717, 1.165) is 36.6 Å². The Morgan fingerprint density at radius 3 is 2.95 bits per heavy atom. The molecule has 1 aliphatic heterocycles. The molecule has 0 aromatic carbocycles. The number of carbonyl (C=O) groups is 1. The predicted octanol–water partition coefficient (Wildman–Crippen LogP) is 1.57. The zero-order valence-corrected chi connectivity index (χ0v) is 13.0. The molecule has 1 aliphatic rings. The Morgan fingerprint density at radius 1 is 1.55 bits per heavy atom. The zero-order valence-electron chi connectivity index (χ0n) is 12.2. The summed E-state index contributed by atoms with van der Waals surface area (Å²) in [6, 6.07) is 0. The van der Waals surface area contributed by atoms with Gasteiger partial charge in [-0.05, 0) is 32.9 Å². The minimum atomic E-state index is 0.115.